The normalized spacial score (nSPS) is 20.9. The average molecular weight is 266 g/mol. The predicted molar refractivity (Wildman–Crippen MR) is 70.3 cm³/mol. The van der Waals surface area contributed by atoms with Crippen LogP contribution in [0.5, 0.6) is 0 Å². The molecule has 0 bridgehead atoms. The minimum Gasteiger partial charge on any atom is -0.366 e. The van der Waals surface area contributed by atoms with Crippen molar-refractivity contribution in [3.8, 4) is 0 Å². The Morgan fingerprint density at radius 2 is 2.37 bits per heavy atom. The monoisotopic (exact) mass is 266 g/mol. The first-order valence-corrected chi connectivity index (χ1v) is 6.46. The van der Waals surface area contributed by atoms with Gasteiger partial charge in [0.15, 0.2) is 0 Å². The van der Waals surface area contributed by atoms with Crippen LogP contribution in [0.15, 0.2) is 18.2 Å². The number of carbonyl (C=O) groups excluding carboxylic acids is 1. The van der Waals surface area contributed by atoms with Crippen molar-refractivity contribution in [2.24, 2.45) is 0 Å². The Morgan fingerprint density at radius 1 is 1.58 bits per heavy atom. The summed E-state index contributed by atoms with van der Waals surface area (Å²) in [6, 6.07) is 4.75. The molecule has 0 aromatic heterocycles. The van der Waals surface area contributed by atoms with Gasteiger partial charge in [-0.15, -0.1) is 0 Å². The maximum atomic E-state index is 13.5. The zero-order valence-electron chi connectivity index (χ0n) is 11.2. The molecule has 4 nitrogen and oxygen atoms in total. The SMILES string of the molecule is Cc1ccc(C(C)NC(=O)C2CNCCO2)cc1F. The van der Waals surface area contributed by atoms with Gasteiger partial charge in [0.1, 0.15) is 11.9 Å². The van der Waals surface area contributed by atoms with Gasteiger partial charge in [0.05, 0.1) is 12.6 Å². The van der Waals surface area contributed by atoms with Crippen LogP contribution >= 0.6 is 0 Å². The number of ether oxygens (including phenoxy) is 1. The van der Waals surface area contributed by atoms with E-state index in [0.29, 0.717) is 18.7 Å². The van der Waals surface area contributed by atoms with Gasteiger partial charge >= 0.3 is 0 Å². The molecule has 1 saturated heterocycles. The Balaban J connectivity index is 1.97. The summed E-state index contributed by atoms with van der Waals surface area (Å²) in [7, 11) is 0. The van der Waals surface area contributed by atoms with Crippen LogP contribution < -0.4 is 10.6 Å². The number of carbonyl (C=O) groups is 1. The average Bonchev–Trinajstić information content (AvgIpc) is 2.42. The molecule has 1 aliphatic heterocycles. The number of hydrogen-bond acceptors (Lipinski definition) is 3. The van der Waals surface area contributed by atoms with E-state index < -0.39 is 6.10 Å². The van der Waals surface area contributed by atoms with E-state index in [2.05, 4.69) is 10.6 Å². The second-order valence-electron chi connectivity index (χ2n) is 4.80. The highest BCUT2D eigenvalue weighted by molar-refractivity contribution is 5.81. The standard InChI is InChI=1S/C14H19FN2O2/c1-9-3-4-11(7-12(9)15)10(2)17-14(18)13-8-16-5-6-19-13/h3-4,7,10,13,16H,5-6,8H2,1-2H3,(H,17,18). The molecule has 1 amide bonds. The molecular formula is C14H19FN2O2. The van der Waals surface area contributed by atoms with Crippen molar-refractivity contribution in [1.29, 1.82) is 0 Å². The molecule has 1 fully saturated rings. The molecule has 1 aromatic carbocycles. The van der Waals surface area contributed by atoms with Gasteiger partial charge in [-0.1, -0.05) is 12.1 Å². The van der Waals surface area contributed by atoms with Crippen LogP contribution in [0, 0.1) is 12.7 Å². The number of halogens is 1. The Bertz CT molecular complexity index is 459. The third-order valence-corrected chi connectivity index (χ3v) is 3.27. The fourth-order valence-corrected chi connectivity index (χ4v) is 2.00. The van der Waals surface area contributed by atoms with Crippen LogP contribution in [-0.2, 0) is 9.53 Å². The van der Waals surface area contributed by atoms with Crippen LogP contribution in [0.25, 0.3) is 0 Å². The zero-order chi connectivity index (χ0) is 13.8. The molecule has 2 atom stereocenters. The van der Waals surface area contributed by atoms with Gasteiger partial charge < -0.3 is 15.4 Å². The summed E-state index contributed by atoms with van der Waals surface area (Å²) in [6.45, 7) is 5.36. The van der Waals surface area contributed by atoms with E-state index in [-0.39, 0.29) is 17.8 Å². The lowest BCUT2D eigenvalue weighted by atomic mass is 10.1. The number of nitrogens with one attached hydrogen (secondary N) is 2. The van der Waals surface area contributed by atoms with Crippen molar-refractivity contribution < 1.29 is 13.9 Å². The van der Waals surface area contributed by atoms with Gasteiger partial charge in [0.2, 0.25) is 0 Å². The van der Waals surface area contributed by atoms with Gasteiger partial charge in [-0.25, -0.2) is 4.39 Å². The molecule has 2 rings (SSSR count). The van der Waals surface area contributed by atoms with Crippen LogP contribution in [0.4, 0.5) is 4.39 Å². The number of amides is 1. The van der Waals surface area contributed by atoms with E-state index in [1.54, 1.807) is 13.0 Å². The molecule has 0 aliphatic carbocycles. The largest absolute Gasteiger partial charge is 0.366 e. The minimum atomic E-state index is -0.466. The molecule has 2 unspecified atom stereocenters. The van der Waals surface area contributed by atoms with E-state index in [4.69, 9.17) is 4.74 Å². The van der Waals surface area contributed by atoms with Gasteiger partial charge in [-0.2, -0.15) is 0 Å². The Hall–Kier alpha value is -1.46. The summed E-state index contributed by atoms with van der Waals surface area (Å²) in [4.78, 5) is 12.0. The fourth-order valence-electron chi connectivity index (χ4n) is 2.00. The number of benzene rings is 1. The van der Waals surface area contributed by atoms with E-state index in [1.807, 2.05) is 13.0 Å². The topological polar surface area (TPSA) is 50.4 Å². The van der Waals surface area contributed by atoms with E-state index in [0.717, 1.165) is 12.1 Å². The molecule has 0 radical (unpaired) electrons. The summed E-state index contributed by atoms with van der Waals surface area (Å²) in [5, 5.41) is 5.94. The predicted octanol–water partition coefficient (Wildman–Crippen LogP) is 1.30. The number of morpholine rings is 1. The summed E-state index contributed by atoms with van der Waals surface area (Å²) in [5.41, 5.74) is 1.35. The summed E-state index contributed by atoms with van der Waals surface area (Å²) in [6.07, 6.45) is -0.466. The van der Waals surface area contributed by atoms with Crippen molar-refractivity contribution in [3.05, 3.63) is 35.1 Å². The quantitative estimate of drug-likeness (QED) is 0.867. The molecular weight excluding hydrogens is 247 g/mol. The Labute approximate surface area is 112 Å². The first-order valence-electron chi connectivity index (χ1n) is 6.46. The molecule has 2 N–H and O–H groups in total. The highest BCUT2D eigenvalue weighted by Gasteiger charge is 2.23. The van der Waals surface area contributed by atoms with Crippen molar-refractivity contribution in [2.45, 2.75) is 26.0 Å². The van der Waals surface area contributed by atoms with E-state index >= 15 is 0 Å². The zero-order valence-corrected chi connectivity index (χ0v) is 11.2. The maximum Gasteiger partial charge on any atom is 0.250 e. The summed E-state index contributed by atoms with van der Waals surface area (Å²) in [5.74, 6) is -0.421. The van der Waals surface area contributed by atoms with Crippen LogP contribution in [-0.4, -0.2) is 31.7 Å². The number of hydrogen-bond donors (Lipinski definition) is 2. The third kappa shape index (κ3) is 3.52. The smallest absolute Gasteiger partial charge is 0.250 e. The fraction of sp³-hybridized carbons (Fsp3) is 0.500. The van der Waals surface area contributed by atoms with Crippen molar-refractivity contribution in [3.63, 3.8) is 0 Å². The summed E-state index contributed by atoms with van der Waals surface area (Å²) >= 11 is 0. The van der Waals surface area contributed by atoms with Crippen LogP contribution in [0.2, 0.25) is 0 Å². The lowest BCUT2D eigenvalue weighted by Gasteiger charge is -2.24. The molecule has 19 heavy (non-hydrogen) atoms. The van der Waals surface area contributed by atoms with Crippen molar-refractivity contribution in [1.82, 2.24) is 10.6 Å². The molecule has 5 heteroatoms. The second-order valence-corrected chi connectivity index (χ2v) is 4.80. The van der Waals surface area contributed by atoms with Crippen LogP contribution in [0.1, 0.15) is 24.1 Å². The van der Waals surface area contributed by atoms with E-state index in [9.17, 15) is 9.18 Å². The number of rotatable bonds is 3. The van der Waals surface area contributed by atoms with Crippen molar-refractivity contribution in [2.75, 3.05) is 19.7 Å². The Kier molecular flexibility index (Phi) is 4.50. The molecule has 0 saturated carbocycles. The molecule has 1 aliphatic rings. The second kappa shape index (κ2) is 6.12. The lowest BCUT2D eigenvalue weighted by Crippen LogP contribution is -2.48. The molecule has 1 aromatic rings. The molecule has 104 valence electrons. The highest BCUT2D eigenvalue weighted by Crippen LogP contribution is 2.16. The first-order chi connectivity index (χ1) is 9.08. The molecule has 0 spiro atoms. The van der Waals surface area contributed by atoms with Gasteiger partial charge in [0, 0.05) is 13.1 Å². The summed E-state index contributed by atoms with van der Waals surface area (Å²) < 4.78 is 18.9. The highest BCUT2D eigenvalue weighted by atomic mass is 19.1. The van der Waals surface area contributed by atoms with Gasteiger partial charge in [-0.3, -0.25) is 4.79 Å². The first kappa shape index (κ1) is 14.0. The third-order valence-electron chi connectivity index (χ3n) is 3.27. The number of aryl methyl sites for hydroxylation is 1. The van der Waals surface area contributed by atoms with Gasteiger partial charge in [-0.05, 0) is 31.0 Å². The Morgan fingerprint density at radius 3 is 3.00 bits per heavy atom. The minimum absolute atomic E-state index is 0.166. The molecule has 1 heterocycles. The van der Waals surface area contributed by atoms with Crippen LogP contribution in [0.3, 0.4) is 0 Å². The maximum absolute atomic E-state index is 13.5. The lowest BCUT2D eigenvalue weighted by molar-refractivity contribution is -0.134. The van der Waals surface area contributed by atoms with E-state index in [1.165, 1.54) is 6.07 Å². The van der Waals surface area contributed by atoms with Crippen molar-refractivity contribution >= 4 is 5.91 Å². The van der Waals surface area contributed by atoms with Gasteiger partial charge in [0.25, 0.3) is 5.91 Å².